The van der Waals surface area contributed by atoms with Gasteiger partial charge in [0.05, 0.1) is 5.92 Å². The first-order valence-electron chi connectivity index (χ1n) is 10.5. The number of ether oxygens (including phenoxy) is 1. The average molecular weight is 379 g/mol. The molecule has 1 unspecified atom stereocenters. The van der Waals surface area contributed by atoms with Crippen LogP contribution in [-0.4, -0.2) is 43.2 Å². The maximum atomic E-state index is 13.1. The number of hydrogen-bond acceptors (Lipinski definition) is 4. The highest BCUT2D eigenvalue weighted by Gasteiger charge is 2.37. The van der Waals surface area contributed by atoms with Crippen LogP contribution in [0, 0.1) is 5.92 Å². The third-order valence-corrected chi connectivity index (χ3v) is 6.13. The molecule has 4 nitrogen and oxygen atoms in total. The summed E-state index contributed by atoms with van der Waals surface area (Å²) >= 11 is 0. The van der Waals surface area contributed by atoms with E-state index in [2.05, 4.69) is 34.5 Å². The number of fused-ring (bicyclic) bond motifs is 3. The normalized spacial score (nSPS) is 24.6. The van der Waals surface area contributed by atoms with E-state index < -0.39 is 0 Å². The third-order valence-electron chi connectivity index (χ3n) is 6.13. The lowest BCUT2D eigenvalue weighted by atomic mass is 9.85. The van der Waals surface area contributed by atoms with Gasteiger partial charge in [-0.25, -0.2) is 0 Å². The number of carbonyl (C=O) groups excluding carboxylic acids is 1. The molecule has 0 saturated carbocycles. The van der Waals surface area contributed by atoms with Crippen LogP contribution in [-0.2, 0) is 16.1 Å². The fourth-order valence-corrected chi connectivity index (χ4v) is 4.46. The topological polar surface area (TPSA) is 41.6 Å². The summed E-state index contributed by atoms with van der Waals surface area (Å²) in [7, 11) is 0. The van der Waals surface area contributed by atoms with Crippen molar-refractivity contribution in [2.75, 3.05) is 26.2 Å². The molecule has 0 aliphatic carbocycles. The molecule has 1 N–H and O–H groups in total. The van der Waals surface area contributed by atoms with Crippen molar-refractivity contribution in [3.05, 3.63) is 71.8 Å². The highest BCUT2D eigenvalue weighted by atomic mass is 16.5. The minimum Gasteiger partial charge on any atom is -0.460 e. The van der Waals surface area contributed by atoms with Gasteiger partial charge in [0, 0.05) is 13.1 Å². The summed E-state index contributed by atoms with van der Waals surface area (Å²) in [6.07, 6.45) is 3.13. The SMILES string of the molecule is O=C(O[C@H]1CN2CCC1CC2)C(CCNCc1ccccc1)c1ccccc1. The van der Waals surface area contributed by atoms with Gasteiger partial charge in [0.25, 0.3) is 0 Å². The monoisotopic (exact) mass is 378 g/mol. The molecule has 0 radical (unpaired) electrons. The quantitative estimate of drug-likeness (QED) is 0.563. The Morgan fingerprint density at radius 3 is 2.36 bits per heavy atom. The Labute approximate surface area is 167 Å². The second kappa shape index (κ2) is 9.35. The smallest absolute Gasteiger partial charge is 0.313 e. The lowest BCUT2D eigenvalue weighted by Gasteiger charge is -2.44. The maximum absolute atomic E-state index is 13.1. The second-order valence-corrected chi connectivity index (χ2v) is 8.03. The summed E-state index contributed by atoms with van der Waals surface area (Å²) < 4.78 is 6.05. The Morgan fingerprint density at radius 1 is 1.04 bits per heavy atom. The van der Waals surface area contributed by atoms with Crippen LogP contribution < -0.4 is 5.32 Å². The summed E-state index contributed by atoms with van der Waals surface area (Å²) in [6.45, 7) is 4.82. The van der Waals surface area contributed by atoms with Crippen molar-refractivity contribution in [2.45, 2.75) is 37.8 Å². The molecule has 148 valence electrons. The maximum Gasteiger partial charge on any atom is 0.313 e. The molecular weight excluding hydrogens is 348 g/mol. The minimum atomic E-state index is -0.208. The molecule has 2 atom stereocenters. The number of rotatable bonds is 8. The molecule has 2 aromatic carbocycles. The van der Waals surface area contributed by atoms with Crippen molar-refractivity contribution in [2.24, 2.45) is 5.92 Å². The highest BCUT2D eigenvalue weighted by Crippen LogP contribution is 2.31. The number of nitrogens with zero attached hydrogens (tertiary/aromatic N) is 1. The van der Waals surface area contributed by atoms with Crippen LogP contribution in [0.25, 0.3) is 0 Å². The third kappa shape index (κ3) is 4.81. The molecule has 3 aliphatic rings. The van der Waals surface area contributed by atoms with E-state index in [1.54, 1.807) is 0 Å². The van der Waals surface area contributed by atoms with Crippen LogP contribution in [0.4, 0.5) is 0 Å². The Kier molecular flexibility index (Phi) is 6.40. The highest BCUT2D eigenvalue weighted by molar-refractivity contribution is 5.78. The average Bonchev–Trinajstić information content (AvgIpc) is 2.76. The van der Waals surface area contributed by atoms with Crippen LogP contribution in [0.2, 0.25) is 0 Å². The molecule has 0 aromatic heterocycles. The van der Waals surface area contributed by atoms with E-state index >= 15 is 0 Å². The number of piperidine rings is 3. The van der Waals surface area contributed by atoms with Gasteiger partial charge in [-0.05, 0) is 55.9 Å². The van der Waals surface area contributed by atoms with Crippen molar-refractivity contribution in [1.29, 1.82) is 0 Å². The summed E-state index contributed by atoms with van der Waals surface area (Å²) in [5.74, 6) is 0.271. The molecule has 3 aliphatic heterocycles. The van der Waals surface area contributed by atoms with Crippen LogP contribution in [0.15, 0.2) is 60.7 Å². The van der Waals surface area contributed by atoms with Crippen LogP contribution in [0.5, 0.6) is 0 Å². The van der Waals surface area contributed by atoms with Gasteiger partial charge in [-0.1, -0.05) is 60.7 Å². The second-order valence-electron chi connectivity index (χ2n) is 8.03. The van der Waals surface area contributed by atoms with Crippen molar-refractivity contribution in [3.8, 4) is 0 Å². The van der Waals surface area contributed by atoms with Gasteiger partial charge in [0.2, 0.25) is 0 Å². The van der Waals surface area contributed by atoms with Gasteiger partial charge in [0.15, 0.2) is 0 Å². The van der Waals surface area contributed by atoms with E-state index in [0.29, 0.717) is 5.92 Å². The van der Waals surface area contributed by atoms with Crippen molar-refractivity contribution in [3.63, 3.8) is 0 Å². The van der Waals surface area contributed by atoms with Crippen molar-refractivity contribution >= 4 is 5.97 Å². The first-order chi connectivity index (χ1) is 13.8. The fraction of sp³-hybridized carbons (Fsp3) is 0.458. The van der Waals surface area contributed by atoms with E-state index in [1.807, 2.05) is 36.4 Å². The van der Waals surface area contributed by atoms with E-state index in [9.17, 15) is 4.79 Å². The molecule has 5 rings (SSSR count). The predicted molar refractivity (Wildman–Crippen MR) is 111 cm³/mol. The van der Waals surface area contributed by atoms with E-state index in [0.717, 1.165) is 57.5 Å². The van der Waals surface area contributed by atoms with Crippen LogP contribution in [0.1, 0.15) is 36.3 Å². The number of esters is 1. The number of nitrogens with one attached hydrogen (secondary N) is 1. The van der Waals surface area contributed by atoms with Gasteiger partial charge < -0.3 is 10.1 Å². The number of benzene rings is 2. The van der Waals surface area contributed by atoms with Crippen LogP contribution >= 0.6 is 0 Å². The Bertz CT molecular complexity index is 742. The van der Waals surface area contributed by atoms with E-state index in [1.165, 1.54) is 5.56 Å². The molecule has 3 saturated heterocycles. The largest absolute Gasteiger partial charge is 0.460 e. The van der Waals surface area contributed by atoms with Gasteiger partial charge in [-0.2, -0.15) is 0 Å². The van der Waals surface area contributed by atoms with Crippen molar-refractivity contribution in [1.82, 2.24) is 10.2 Å². The first kappa shape index (κ1) is 19.2. The lowest BCUT2D eigenvalue weighted by molar-refractivity contribution is -0.160. The van der Waals surface area contributed by atoms with Gasteiger partial charge in [0.1, 0.15) is 6.10 Å². The molecule has 28 heavy (non-hydrogen) atoms. The minimum absolute atomic E-state index is 0.0635. The van der Waals surface area contributed by atoms with E-state index in [4.69, 9.17) is 4.74 Å². The van der Waals surface area contributed by atoms with Gasteiger partial charge >= 0.3 is 5.97 Å². The zero-order chi connectivity index (χ0) is 19.2. The molecule has 0 spiro atoms. The summed E-state index contributed by atoms with van der Waals surface area (Å²) in [5.41, 5.74) is 2.31. The Morgan fingerprint density at radius 2 is 1.71 bits per heavy atom. The number of carbonyl (C=O) groups is 1. The first-order valence-corrected chi connectivity index (χ1v) is 10.5. The van der Waals surface area contributed by atoms with Gasteiger partial charge in [-0.15, -0.1) is 0 Å². The molecular formula is C24H30N2O2. The molecule has 4 heteroatoms. The number of hydrogen-bond donors (Lipinski definition) is 1. The lowest BCUT2D eigenvalue weighted by Crippen LogP contribution is -2.52. The fourth-order valence-electron chi connectivity index (χ4n) is 4.46. The van der Waals surface area contributed by atoms with Gasteiger partial charge in [-0.3, -0.25) is 9.69 Å². The Balaban J connectivity index is 1.35. The Hall–Kier alpha value is -2.17. The van der Waals surface area contributed by atoms with Crippen LogP contribution in [0.3, 0.4) is 0 Å². The zero-order valence-electron chi connectivity index (χ0n) is 16.4. The summed E-state index contributed by atoms with van der Waals surface area (Å²) in [4.78, 5) is 15.5. The summed E-state index contributed by atoms with van der Waals surface area (Å²) in [5, 5.41) is 3.47. The molecule has 2 aromatic rings. The van der Waals surface area contributed by atoms with Crippen molar-refractivity contribution < 1.29 is 9.53 Å². The summed E-state index contributed by atoms with van der Waals surface area (Å²) in [6, 6.07) is 20.4. The molecule has 2 bridgehead atoms. The van der Waals surface area contributed by atoms with E-state index in [-0.39, 0.29) is 18.0 Å². The standard InChI is InChI=1S/C24H30N2O2/c27-24(28-23-18-26-15-12-21(23)13-16-26)22(20-9-5-2-6-10-20)11-14-25-17-19-7-3-1-4-8-19/h1-10,21-23,25H,11-18H2/t22?,23-/m0/s1. The molecule has 3 heterocycles. The molecule has 0 amide bonds. The zero-order valence-corrected chi connectivity index (χ0v) is 16.4. The molecule has 3 fully saturated rings. The predicted octanol–water partition coefficient (Wildman–Crippen LogP) is 3.59.